The maximum absolute atomic E-state index is 14.8. The number of nitrogens with zero attached hydrogens (tertiary/aromatic N) is 1. The van der Waals surface area contributed by atoms with E-state index in [9.17, 15) is 39.3 Å². The molecule has 1 saturated carbocycles. The predicted molar refractivity (Wildman–Crippen MR) is 231 cm³/mol. The molecule has 19 heteroatoms. The number of allylic oxidation sites excluding steroid dienone is 3. The second kappa shape index (κ2) is 19.2. The first kappa shape index (κ1) is 49.6. The van der Waals surface area contributed by atoms with Gasteiger partial charge in [0.05, 0.1) is 28.4 Å². The Balaban J connectivity index is 1.27. The third-order valence-corrected chi connectivity index (χ3v) is 14.7. The number of aromatic nitrogens is 1. The Bertz CT molecular complexity index is 2090. The first-order valence-electron chi connectivity index (χ1n) is 21.7. The molecule has 2 aliphatic carbocycles. The smallest absolute Gasteiger partial charge is 0.405 e. The molecule has 1 aromatic rings. The largest absolute Gasteiger partial charge is 0.511 e. The summed E-state index contributed by atoms with van der Waals surface area (Å²) < 4.78 is 35.6. The number of halogens is 2. The van der Waals surface area contributed by atoms with E-state index >= 15 is 0 Å². The molecule has 16 unspecified atom stereocenters. The molecule has 1 aromatic heterocycles. The molecule has 354 valence electrons. The van der Waals surface area contributed by atoms with Gasteiger partial charge >= 0.3 is 12.1 Å². The highest BCUT2D eigenvalue weighted by Gasteiger charge is 2.59. The Hall–Kier alpha value is -3.81. The van der Waals surface area contributed by atoms with Crippen LogP contribution in [0, 0.1) is 42.4 Å². The number of primary amides is 1. The number of ketones is 2. The summed E-state index contributed by atoms with van der Waals surface area (Å²) in [5, 5.41) is 36.1. The maximum Gasteiger partial charge on any atom is 0.405 e. The van der Waals surface area contributed by atoms with Gasteiger partial charge in [0.15, 0.2) is 36.3 Å². The minimum absolute atomic E-state index is 0.0846. The van der Waals surface area contributed by atoms with Gasteiger partial charge in [-0.2, -0.15) is 0 Å². The van der Waals surface area contributed by atoms with Crippen molar-refractivity contribution in [1.82, 2.24) is 9.88 Å². The van der Waals surface area contributed by atoms with Crippen LogP contribution in [0.1, 0.15) is 90.3 Å². The summed E-state index contributed by atoms with van der Waals surface area (Å²) in [5.41, 5.74) is 4.52. The zero-order chi connectivity index (χ0) is 47.4. The first-order chi connectivity index (χ1) is 29.9. The summed E-state index contributed by atoms with van der Waals surface area (Å²) in [6.45, 7) is 17.4. The third kappa shape index (κ3) is 9.03. The van der Waals surface area contributed by atoms with Crippen molar-refractivity contribution in [2.24, 2.45) is 41.2 Å². The number of fused-ring (bicyclic) bond motifs is 1. The van der Waals surface area contributed by atoms with Gasteiger partial charge in [-0.3, -0.25) is 24.1 Å². The Morgan fingerprint density at radius 2 is 1.72 bits per heavy atom. The monoisotopic (exact) mass is 937 g/mol. The van der Waals surface area contributed by atoms with Crippen LogP contribution >= 0.6 is 23.2 Å². The van der Waals surface area contributed by atoms with Gasteiger partial charge in [0.25, 0.3) is 5.91 Å². The van der Waals surface area contributed by atoms with Crippen LogP contribution in [0.4, 0.5) is 4.79 Å². The number of aryl methyl sites for hydroxylation is 1. The van der Waals surface area contributed by atoms with Crippen LogP contribution in [0.15, 0.2) is 35.6 Å². The van der Waals surface area contributed by atoms with E-state index in [4.69, 9.17) is 57.4 Å². The van der Waals surface area contributed by atoms with E-state index < -0.39 is 137 Å². The van der Waals surface area contributed by atoms with E-state index in [-0.39, 0.29) is 34.5 Å². The van der Waals surface area contributed by atoms with Gasteiger partial charge in [0.2, 0.25) is 0 Å². The lowest BCUT2D eigenvalue weighted by molar-refractivity contribution is -0.301. The SMILES string of the molecule is C=C1CCC(OC2CC(O)(C(C)CC(=O)c3[nH]c(C)c(Cl)c3Cl)C(O)C(C)O2)C2C=CC(C)C(C(O)=C3C(=O)C(C(C)C)N(C4OC(C)C(OC(N)=O)C(OC(C)=O)C4OC)C3=O)C12. The number of carbonyl (C=O) groups excluding carboxylic acids is 5. The van der Waals surface area contributed by atoms with Crippen LogP contribution in [0.5, 0.6) is 0 Å². The molecule has 0 spiro atoms. The standard InChI is InChI=1S/C45H61Cl2N3O14/c1-17(2)35-37(54)31(42(56)50(35)43-40(59-10)39(62-24(9)51)38(22(7)61-43)64-44(48)57)36(53)30-19(4)11-13-25-27(14-12-18(3)29(25)30)63-28-16-45(58,41(55)23(8)60-28)20(5)15-26(52)34-33(47)32(46)21(6)49-34/h11,13,17,19-20,22-23,25,27-30,35,38-41,43,49,53,55,58H,3,12,14-16H2,1-2,4-10H3,(H2,48,57). The van der Waals surface area contributed by atoms with Crippen molar-refractivity contribution in [3.05, 3.63) is 57.1 Å². The van der Waals surface area contributed by atoms with E-state index in [1.165, 1.54) is 18.9 Å². The molecule has 3 saturated heterocycles. The molecule has 17 nitrogen and oxygen atoms in total. The number of hydrogen-bond donors (Lipinski definition) is 5. The zero-order valence-corrected chi connectivity index (χ0v) is 39.1. The summed E-state index contributed by atoms with van der Waals surface area (Å²) >= 11 is 12.5. The number of nitrogens with two attached hydrogens (primary N) is 1. The lowest BCUT2D eigenvalue weighted by Crippen LogP contribution is -2.66. The second-order valence-corrected chi connectivity index (χ2v) is 19.1. The summed E-state index contributed by atoms with van der Waals surface area (Å²) in [4.78, 5) is 71.0. The van der Waals surface area contributed by atoms with Gasteiger partial charge in [0.1, 0.15) is 40.9 Å². The highest BCUT2D eigenvalue weighted by molar-refractivity contribution is 6.44. The van der Waals surface area contributed by atoms with Gasteiger partial charge in [-0.05, 0) is 57.3 Å². The van der Waals surface area contributed by atoms with E-state index in [0.29, 0.717) is 18.5 Å². The Morgan fingerprint density at radius 1 is 1.05 bits per heavy atom. The van der Waals surface area contributed by atoms with Gasteiger partial charge in [-0.1, -0.05) is 75.2 Å². The third-order valence-electron chi connectivity index (χ3n) is 13.8. The molecule has 3 aliphatic heterocycles. The summed E-state index contributed by atoms with van der Waals surface area (Å²) in [6.07, 6.45) is -6.61. The number of rotatable bonds is 12. The topological polar surface area (TPSA) is 246 Å². The van der Waals surface area contributed by atoms with Crippen molar-refractivity contribution in [1.29, 1.82) is 0 Å². The van der Waals surface area contributed by atoms with Crippen molar-refractivity contribution in [2.45, 2.75) is 148 Å². The fraction of sp³-hybridized carbons (Fsp3) is 0.667. The lowest BCUT2D eigenvalue weighted by atomic mass is 9.61. The quantitative estimate of drug-likeness (QED) is 0.0449. The van der Waals surface area contributed by atoms with E-state index in [0.717, 1.165) is 12.5 Å². The highest BCUT2D eigenvalue weighted by Crippen LogP contribution is 2.51. The normalized spacial score (nSPS) is 38.0. The van der Waals surface area contributed by atoms with Crippen molar-refractivity contribution in [2.75, 3.05) is 7.11 Å². The Kier molecular flexibility index (Phi) is 14.9. The zero-order valence-electron chi connectivity index (χ0n) is 37.5. The van der Waals surface area contributed by atoms with E-state index in [1.807, 2.05) is 19.1 Å². The summed E-state index contributed by atoms with van der Waals surface area (Å²) in [5.74, 6) is -6.40. The van der Waals surface area contributed by atoms with Crippen molar-refractivity contribution < 1.29 is 67.7 Å². The molecule has 4 fully saturated rings. The number of aliphatic hydroxyl groups is 3. The number of methoxy groups -OCH3 is 1. The van der Waals surface area contributed by atoms with Crippen LogP contribution in [0.3, 0.4) is 0 Å². The van der Waals surface area contributed by atoms with Crippen LogP contribution in [0.25, 0.3) is 0 Å². The molecular weight excluding hydrogens is 877 g/mol. The molecule has 0 radical (unpaired) electrons. The molecular formula is C45H61Cl2N3O14. The number of likely N-dealkylation sites (tertiary alicyclic amines) is 1. The molecule has 2 amide bonds. The average Bonchev–Trinajstić information content (AvgIpc) is 3.63. The summed E-state index contributed by atoms with van der Waals surface area (Å²) in [7, 11) is 1.29. The molecule has 64 heavy (non-hydrogen) atoms. The van der Waals surface area contributed by atoms with E-state index in [1.54, 1.807) is 34.6 Å². The van der Waals surface area contributed by atoms with Gasteiger partial charge < -0.3 is 54.5 Å². The number of H-pyrrole nitrogens is 1. The number of ether oxygens (including phenoxy) is 6. The van der Waals surface area contributed by atoms with Crippen LogP contribution in [-0.4, -0.2) is 129 Å². The molecule has 0 bridgehead atoms. The number of carbonyl (C=O) groups is 5. The van der Waals surface area contributed by atoms with Crippen molar-refractivity contribution in [3.8, 4) is 0 Å². The second-order valence-electron chi connectivity index (χ2n) is 18.4. The molecule has 5 aliphatic rings. The maximum atomic E-state index is 14.8. The molecule has 16 atom stereocenters. The number of esters is 1. The molecule has 0 aromatic carbocycles. The van der Waals surface area contributed by atoms with Gasteiger partial charge in [-0.15, -0.1) is 0 Å². The van der Waals surface area contributed by atoms with Crippen LogP contribution in [-0.2, 0) is 42.8 Å². The first-order valence-corrected chi connectivity index (χ1v) is 22.5. The molecule has 4 heterocycles. The van der Waals surface area contributed by atoms with Crippen molar-refractivity contribution in [3.63, 3.8) is 0 Å². The average molecular weight is 939 g/mol. The molecule has 6 rings (SSSR count). The Morgan fingerprint density at radius 3 is 2.30 bits per heavy atom. The number of aliphatic hydroxyl groups excluding tert-OH is 2. The number of hydrogen-bond acceptors (Lipinski definition) is 14. The minimum Gasteiger partial charge on any atom is -0.511 e. The highest BCUT2D eigenvalue weighted by atomic mass is 35.5. The van der Waals surface area contributed by atoms with E-state index in [2.05, 4.69) is 11.6 Å². The Labute approximate surface area is 382 Å². The fourth-order valence-corrected chi connectivity index (χ4v) is 11.0. The molecule has 6 N–H and O–H groups in total. The van der Waals surface area contributed by atoms with Gasteiger partial charge in [0, 0.05) is 44.4 Å². The van der Waals surface area contributed by atoms with Crippen molar-refractivity contribution >= 4 is 52.7 Å². The minimum atomic E-state index is -1.81. The number of aromatic amines is 1. The van der Waals surface area contributed by atoms with Crippen LogP contribution < -0.4 is 5.73 Å². The fourth-order valence-electron chi connectivity index (χ4n) is 10.5. The van der Waals surface area contributed by atoms with Crippen LogP contribution in [0.2, 0.25) is 10.0 Å². The number of amides is 2. The number of Topliss-reactive ketones (excluding diaryl/α,β-unsaturated/α-hetero) is 2. The number of nitrogens with one attached hydrogen (secondary N) is 1. The summed E-state index contributed by atoms with van der Waals surface area (Å²) in [6, 6.07) is -1.14. The lowest BCUT2D eigenvalue weighted by Gasteiger charge is -2.50. The van der Waals surface area contributed by atoms with Gasteiger partial charge in [-0.25, -0.2) is 4.79 Å². The predicted octanol–water partition coefficient (Wildman–Crippen LogP) is 5.26.